The molecule has 1 saturated heterocycles. The number of ether oxygens (including phenoxy) is 1. The molecule has 2 N–H and O–H groups in total. The van der Waals surface area contributed by atoms with E-state index in [1.165, 1.54) is 19.5 Å². The standard InChI is InChI=1S/C18H29ClN4O/c1-4-23-10-9-15(13-23)12-22-18(20-3)21-11-14(2)24-17-7-5-16(19)6-8-17/h5-8,14-15H,4,9-13H2,1-3H3,(H2,20,21,22). The lowest BCUT2D eigenvalue weighted by atomic mass is 10.1. The molecule has 0 spiro atoms. The Hall–Kier alpha value is -1.46. The van der Waals surface area contributed by atoms with E-state index in [0.29, 0.717) is 17.5 Å². The number of halogens is 1. The van der Waals surface area contributed by atoms with Gasteiger partial charge in [-0.3, -0.25) is 4.99 Å². The fourth-order valence-electron chi connectivity index (χ4n) is 2.86. The minimum Gasteiger partial charge on any atom is -0.489 e. The largest absolute Gasteiger partial charge is 0.489 e. The monoisotopic (exact) mass is 352 g/mol. The Morgan fingerprint density at radius 1 is 1.38 bits per heavy atom. The van der Waals surface area contributed by atoms with Crippen molar-refractivity contribution in [3.05, 3.63) is 29.3 Å². The molecule has 0 radical (unpaired) electrons. The number of nitrogens with one attached hydrogen (secondary N) is 2. The van der Waals surface area contributed by atoms with Crippen LogP contribution in [0.5, 0.6) is 5.75 Å². The molecule has 0 saturated carbocycles. The summed E-state index contributed by atoms with van der Waals surface area (Å²) in [6.07, 6.45) is 1.29. The average Bonchev–Trinajstić information content (AvgIpc) is 3.05. The zero-order valence-electron chi connectivity index (χ0n) is 14.9. The maximum Gasteiger partial charge on any atom is 0.191 e. The predicted octanol–water partition coefficient (Wildman–Crippen LogP) is 2.61. The van der Waals surface area contributed by atoms with E-state index in [2.05, 4.69) is 27.4 Å². The van der Waals surface area contributed by atoms with Gasteiger partial charge in [0, 0.05) is 25.2 Å². The highest BCUT2D eigenvalue weighted by Gasteiger charge is 2.21. The van der Waals surface area contributed by atoms with Crippen molar-refractivity contribution < 1.29 is 4.74 Å². The first-order chi connectivity index (χ1) is 11.6. The smallest absolute Gasteiger partial charge is 0.191 e. The van der Waals surface area contributed by atoms with Crippen molar-refractivity contribution in [2.24, 2.45) is 10.9 Å². The first kappa shape index (κ1) is 18.9. The Labute approximate surface area is 150 Å². The number of guanidine groups is 1. The highest BCUT2D eigenvalue weighted by molar-refractivity contribution is 6.30. The Kier molecular flexibility index (Phi) is 7.66. The van der Waals surface area contributed by atoms with E-state index in [4.69, 9.17) is 16.3 Å². The quantitative estimate of drug-likeness (QED) is 0.585. The summed E-state index contributed by atoms with van der Waals surface area (Å²) in [6.45, 7) is 9.43. The molecule has 0 amide bonds. The van der Waals surface area contributed by atoms with Crippen LogP contribution in [0.2, 0.25) is 5.02 Å². The van der Waals surface area contributed by atoms with Crippen molar-refractivity contribution in [2.45, 2.75) is 26.4 Å². The molecule has 1 aliphatic rings. The van der Waals surface area contributed by atoms with Crippen molar-refractivity contribution in [3.63, 3.8) is 0 Å². The van der Waals surface area contributed by atoms with Crippen LogP contribution in [-0.4, -0.2) is 56.7 Å². The topological polar surface area (TPSA) is 48.9 Å². The minimum atomic E-state index is 0.0341. The van der Waals surface area contributed by atoms with Gasteiger partial charge in [0.1, 0.15) is 11.9 Å². The fourth-order valence-corrected chi connectivity index (χ4v) is 2.98. The Bertz CT molecular complexity index is 520. The predicted molar refractivity (Wildman–Crippen MR) is 101 cm³/mol. The van der Waals surface area contributed by atoms with Gasteiger partial charge in [-0.15, -0.1) is 0 Å². The van der Waals surface area contributed by atoms with Crippen molar-refractivity contribution in [1.82, 2.24) is 15.5 Å². The second-order valence-corrected chi connectivity index (χ2v) is 6.70. The third-order valence-corrected chi connectivity index (χ3v) is 4.56. The number of hydrogen-bond donors (Lipinski definition) is 2. The Morgan fingerprint density at radius 2 is 2.12 bits per heavy atom. The highest BCUT2D eigenvalue weighted by Crippen LogP contribution is 2.16. The van der Waals surface area contributed by atoms with Gasteiger partial charge in [0.05, 0.1) is 6.54 Å². The van der Waals surface area contributed by atoms with Crippen LogP contribution < -0.4 is 15.4 Å². The normalized spacial score (nSPS) is 20.0. The average molecular weight is 353 g/mol. The van der Waals surface area contributed by atoms with Crippen LogP contribution in [0.15, 0.2) is 29.3 Å². The van der Waals surface area contributed by atoms with Gasteiger partial charge in [0.2, 0.25) is 0 Å². The van der Waals surface area contributed by atoms with Gasteiger partial charge >= 0.3 is 0 Å². The van der Waals surface area contributed by atoms with E-state index < -0.39 is 0 Å². The summed E-state index contributed by atoms with van der Waals surface area (Å²) in [5.41, 5.74) is 0. The van der Waals surface area contributed by atoms with E-state index >= 15 is 0 Å². The summed E-state index contributed by atoms with van der Waals surface area (Å²) in [6, 6.07) is 7.42. The SMILES string of the molecule is CCN1CCC(CNC(=NC)NCC(C)Oc2ccc(Cl)cc2)C1. The van der Waals surface area contributed by atoms with Crippen molar-refractivity contribution in [1.29, 1.82) is 0 Å². The molecule has 0 aromatic heterocycles. The van der Waals surface area contributed by atoms with Crippen molar-refractivity contribution >= 4 is 17.6 Å². The van der Waals surface area contributed by atoms with Crippen molar-refractivity contribution in [3.8, 4) is 5.75 Å². The van der Waals surface area contributed by atoms with Gasteiger partial charge in [0.15, 0.2) is 5.96 Å². The number of rotatable bonds is 7. The van der Waals surface area contributed by atoms with E-state index in [1.54, 1.807) is 7.05 Å². The number of nitrogens with zero attached hydrogens (tertiary/aromatic N) is 2. The molecule has 1 aromatic rings. The molecule has 2 rings (SSSR count). The zero-order valence-corrected chi connectivity index (χ0v) is 15.6. The van der Waals surface area contributed by atoms with E-state index in [9.17, 15) is 0 Å². The van der Waals surface area contributed by atoms with E-state index in [-0.39, 0.29) is 6.10 Å². The Balaban J connectivity index is 1.68. The van der Waals surface area contributed by atoms with Crippen LogP contribution in [0.4, 0.5) is 0 Å². The first-order valence-electron chi connectivity index (χ1n) is 8.69. The molecule has 5 nitrogen and oxygen atoms in total. The number of benzene rings is 1. The molecule has 1 fully saturated rings. The van der Waals surface area contributed by atoms with E-state index in [1.807, 2.05) is 31.2 Å². The fraction of sp³-hybridized carbons (Fsp3) is 0.611. The molecule has 1 aromatic carbocycles. The van der Waals surface area contributed by atoms with Gasteiger partial charge in [-0.05, 0) is 56.6 Å². The molecular formula is C18H29ClN4O. The number of aliphatic imine (C=N–C) groups is 1. The molecular weight excluding hydrogens is 324 g/mol. The van der Waals surface area contributed by atoms with Crippen LogP contribution in [0.25, 0.3) is 0 Å². The van der Waals surface area contributed by atoms with Gasteiger partial charge in [0.25, 0.3) is 0 Å². The molecule has 1 aliphatic heterocycles. The molecule has 0 aliphatic carbocycles. The lowest BCUT2D eigenvalue weighted by molar-refractivity contribution is 0.224. The third-order valence-electron chi connectivity index (χ3n) is 4.31. The third kappa shape index (κ3) is 6.21. The molecule has 2 unspecified atom stereocenters. The van der Waals surface area contributed by atoms with Gasteiger partial charge in [-0.25, -0.2) is 0 Å². The van der Waals surface area contributed by atoms with Crippen LogP contribution >= 0.6 is 11.6 Å². The van der Waals surface area contributed by atoms with Crippen LogP contribution in [-0.2, 0) is 0 Å². The first-order valence-corrected chi connectivity index (χ1v) is 9.07. The maximum absolute atomic E-state index is 5.88. The van der Waals surface area contributed by atoms with E-state index in [0.717, 1.165) is 24.8 Å². The maximum atomic E-state index is 5.88. The van der Waals surface area contributed by atoms with Crippen LogP contribution in [0.3, 0.4) is 0 Å². The van der Waals surface area contributed by atoms with Crippen molar-refractivity contribution in [2.75, 3.05) is 39.8 Å². The summed E-state index contributed by atoms with van der Waals surface area (Å²) in [5.74, 6) is 2.35. The minimum absolute atomic E-state index is 0.0341. The summed E-state index contributed by atoms with van der Waals surface area (Å²) in [5, 5.41) is 7.46. The molecule has 134 valence electrons. The second kappa shape index (κ2) is 9.74. The molecule has 0 bridgehead atoms. The van der Waals surface area contributed by atoms with Gasteiger partial charge in [-0.1, -0.05) is 18.5 Å². The lowest BCUT2D eigenvalue weighted by Gasteiger charge is -2.19. The summed E-state index contributed by atoms with van der Waals surface area (Å²) < 4.78 is 5.86. The summed E-state index contributed by atoms with van der Waals surface area (Å²) in [4.78, 5) is 6.78. The zero-order chi connectivity index (χ0) is 17.4. The number of hydrogen-bond acceptors (Lipinski definition) is 3. The lowest BCUT2D eigenvalue weighted by Crippen LogP contribution is -2.43. The Morgan fingerprint density at radius 3 is 2.75 bits per heavy atom. The molecule has 2 atom stereocenters. The molecule has 6 heteroatoms. The highest BCUT2D eigenvalue weighted by atomic mass is 35.5. The second-order valence-electron chi connectivity index (χ2n) is 6.26. The van der Waals surface area contributed by atoms with Gasteiger partial charge < -0.3 is 20.3 Å². The van der Waals surface area contributed by atoms with Gasteiger partial charge in [-0.2, -0.15) is 0 Å². The van der Waals surface area contributed by atoms with Crippen LogP contribution in [0.1, 0.15) is 20.3 Å². The summed E-state index contributed by atoms with van der Waals surface area (Å²) in [7, 11) is 1.80. The molecule has 24 heavy (non-hydrogen) atoms. The summed E-state index contributed by atoms with van der Waals surface area (Å²) >= 11 is 5.88. The van der Waals surface area contributed by atoms with Crippen LogP contribution in [0, 0.1) is 5.92 Å². The number of likely N-dealkylation sites (tertiary alicyclic amines) is 1. The molecule has 1 heterocycles.